The van der Waals surface area contributed by atoms with Crippen molar-refractivity contribution in [2.45, 2.75) is 13.5 Å². The van der Waals surface area contributed by atoms with Crippen LogP contribution in [0.1, 0.15) is 6.92 Å². The second-order valence-corrected chi connectivity index (χ2v) is 4.07. The Balaban J connectivity index is 2.45. The zero-order valence-electron chi connectivity index (χ0n) is 10.00. The molecule has 0 fully saturated rings. The van der Waals surface area contributed by atoms with Gasteiger partial charge in [-0.3, -0.25) is 19.6 Å². The van der Waals surface area contributed by atoms with Gasteiger partial charge in [-0.1, -0.05) is 11.6 Å². The van der Waals surface area contributed by atoms with Crippen molar-refractivity contribution < 1.29 is 14.5 Å². The van der Waals surface area contributed by atoms with E-state index >= 15 is 0 Å². The van der Waals surface area contributed by atoms with Crippen molar-refractivity contribution in [2.24, 2.45) is 0 Å². The maximum absolute atomic E-state index is 11.4. The second kappa shape index (κ2) is 5.23. The Morgan fingerprint density at radius 3 is 2.95 bits per heavy atom. The lowest BCUT2D eigenvalue weighted by atomic mass is 10.2. The Bertz CT molecular complexity index is 653. The molecular weight excluding hydrogens is 274 g/mol. The highest BCUT2D eigenvalue weighted by Gasteiger charge is 2.15. The summed E-state index contributed by atoms with van der Waals surface area (Å²) in [6.45, 7) is 1.81. The topological polar surface area (TPSA) is 87.3 Å². The van der Waals surface area contributed by atoms with Crippen molar-refractivity contribution in [1.82, 2.24) is 9.78 Å². The minimum Gasteiger partial charge on any atom is -0.465 e. The first-order valence-electron chi connectivity index (χ1n) is 5.49. The van der Waals surface area contributed by atoms with E-state index in [-0.39, 0.29) is 24.0 Å². The molecule has 0 radical (unpaired) electrons. The zero-order chi connectivity index (χ0) is 14.0. The number of hydrogen-bond acceptors (Lipinski definition) is 5. The van der Waals surface area contributed by atoms with Crippen LogP contribution >= 0.6 is 11.6 Å². The van der Waals surface area contributed by atoms with Gasteiger partial charge in [-0.05, 0) is 13.0 Å². The molecule has 2 rings (SSSR count). The summed E-state index contributed by atoms with van der Waals surface area (Å²) in [7, 11) is 0. The normalized spacial score (nSPS) is 10.6. The Kier molecular flexibility index (Phi) is 3.66. The van der Waals surface area contributed by atoms with Crippen LogP contribution in [0.4, 0.5) is 5.69 Å². The monoisotopic (exact) mass is 283 g/mol. The van der Waals surface area contributed by atoms with Crippen molar-refractivity contribution >= 4 is 34.2 Å². The molecule has 0 aliphatic rings. The SMILES string of the molecule is CCOC(=O)Cn1nc(Cl)c2ccc([N+](=O)[O-])cc21. The van der Waals surface area contributed by atoms with Crippen LogP contribution in [-0.4, -0.2) is 27.3 Å². The molecule has 0 spiro atoms. The van der Waals surface area contributed by atoms with E-state index in [0.717, 1.165) is 0 Å². The van der Waals surface area contributed by atoms with Crippen molar-refractivity contribution in [2.75, 3.05) is 6.61 Å². The van der Waals surface area contributed by atoms with Gasteiger partial charge in [0.15, 0.2) is 5.15 Å². The minimum absolute atomic E-state index is 0.0887. The van der Waals surface area contributed by atoms with E-state index in [9.17, 15) is 14.9 Å². The van der Waals surface area contributed by atoms with Gasteiger partial charge in [0.05, 0.1) is 17.0 Å². The summed E-state index contributed by atoms with van der Waals surface area (Å²) in [4.78, 5) is 21.6. The summed E-state index contributed by atoms with van der Waals surface area (Å²) < 4.78 is 6.10. The molecule has 1 aromatic carbocycles. The Morgan fingerprint density at radius 2 is 2.32 bits per heavy atom. The molecule has 0 atom stereocenters. The third-order valence-electron chi connectivity index (χ3n) is 2.49. The number of carbonyl (C=O) groups is 1. The summed E-state index contributed by atoms with van der Waals surface area (Å²) in [5, 5.41) is 15.5. The number of esters is 1. The second-order valence-electron chi connectivity index (χ2n) is 3.71. The summed E-state index contributed by atoms with van der Waals surface area (Å²) in [6.07, 6.45) is 0. The highest BCUT2D eigenvalue weighted by atomic mass is 35.5. The number of aromatic nitrogens is 2. The van der Waals surface area contributed by atoms with E-state index in [1.54, 1.807) is 6.92 Å². The summed E-state index contributed by atoms with van der Waals surface area (Å²) in [6, 6.07) is 4.17. The average Bonchev–Trinajstić information content (AvgIpc) is 2.66. The predicted molar refractivity (Wildman–Crippen MR) is 68.0 cm³/mol. The van der Waals surface area contributed by atoms with Crippen molar-refractivity contribution in [3.63, 3.8) is 0 Å². The van der Waals surface area contributed by atoms with E-state index in [4.69, 9.17) is 16.3 Å². The fourth-order valence-corrected chi connectivity index (χ4v) is 1.94. The molecule has 100 valence electrons. The number of rotatable bonds is 4. The van der Waals surface area contributed by atoms with Crippen LogP contribution in [0.2, 0.25) is 5.15 Å². The number of nitrogens with zero attached hydrogens (tertiary/aromatic N) is 3. The fraction of sp³-hybridized carbons (Fsp3) is 0.273. The quantitative estimate of drug-likeness (QED) is 0.487. The molecule has 0 aliphatic carbocycles. The van der Waals surface area contributed by atoms with E-state index in [0.29, 0.717) is 10.9 Å². The maximum Gasteiger partial charge on any atom is 0.327 e. The van der Waals surface area contributed by atoms with Gasteiger partial charge < -0.3 is 4.74 Å². The third kappa shape index (κ3) is 2.65. The smallest absolute Gasteiger partial charge is 0.327 e. The van der Waals surface area contributed by atoms with Crippen LogP contribution < -0.4 is 0 Å². The van der Waals surface area contributed by atoms with Gasteiger partial charge in [0.25, 0.3) is 5.69 Å². The first kappa shape index (κ1) is 13.3. The summed E-state index contributed by atoms with van der Waals surface area (Å²) in [5.41, 5.74) is 0.335. The average molecular weight is 284 g/mol. The number of benzene rings is 1. The van der Waals surface area contributed by atoms with Gasteiger partial charge in [0.2, 0.25) is 0 Å². The number of ether oxygens (including phenoxy) is 1. The first-order valence-corrected chi connectivity index (χ1v) is 5.86. The number of fused-ring (bicyclic) bond motifs is 1. The number of nitro groups is 1. The highest BCUT2D eigenvalue weighted by molar-refractivity contribution is 6.34. The van der Waals surface area contributed by atoms with Crippen molar-refractivity contribution in [3.05, 3.63) is 33.5 Å². The molecule has 1 heterocycles. The zero-order valence-corrected chi connectivity index (χ0v) is 10.8. The summed E-state index contributed by atoms with van der Waals surface area (Å²) >= 11 is 5.92. The molecule has 8 heteroatoms. The van der Waals surface area contributed by atoms with Crippen LogP contribution in [0.15, 0.2) is 18.2 Å². The van der Waals surface area contributed by atoms with Crippen molar-refractivity contribution in [3.8, 4) is 0 Å². The molecule has 7 nitrogen and oxygen atoms in total. The first-order chi connectivity index (χ1) is 9.02. The molecule has 0 bridgehead atoms. The molecule has 1 aromatic heterocycles. The van der Waals surface area contributed by atoms with Gasteiger partial charge in [-0.2, -0.15) is 5.10 Å². The lowest BCUT2D eigenvalue weighted by Crippen LogP contribution is -2.14. The summed E-state index contributed by atoms with van der Waals surface area (Å²) in [5.74, 6) is -0.477. The van der Waals surface area contributed by atoms with Crippen LogP contribution in [0.3, 0.4) is 0 Å². The Labute approximate surface area is 112 Å². The molecule has 2 aromatic rings. The van der Waals surface area contributed by atoms with Crippen LogP contribution in [0.5, 0.6) is 0 Å². The predicted octanol–water partition coefficient (Wildman–Crippen LogP) is 2.16. The maximum atomic E-state index is 11.4. The molecule has 0 saturated carbocycles. The van der Waals surface area contributed by atoms with Crippen LogP contribution in [0.25, 0.3) is 10.9 Å². The highest BCUT2D eigenvalue weighted by Crippen LogP contribution is 2.26. The number of carbonyl (C=O) groups excluding carboxylic acids is 1. The van der Waals surface area contributed by atoms with Crippen molar-refractivity contribution in [1.29, 1.82) is 0 Å². The number of hydrogen-bond donors (Lipinski definition) is 0. The van der Waals surface area contributed by atoms with E-state index in [1.165, 1.54) is 22.9 Å². The lowest BCUT2D eigenvalue weighted by molar-refractivity contribution is -0.384. The largest absolute Gasteiger partial charge is 0.465 e. The lowest BCUT2D eigenvalue weighted by Gasteiger charge is -2.03. The van der Waals surface area contributed by atoms with Crippen LogP contribution in [0, 0.1) is 10.1 Å². The Morgan fingerprint density at radius 1 is 1.58 bits per heavy atom. The molecule has 0 N–H and O–H groups in total. The molecule has 0 saturated heterocycles. The number of non-ortho nitro benzene ring substituents is 1. The molecule has 0 unspecified atom stereocenters. The minimum atomic E-state index is -0.519. The van der Waals surface area contributed by atoms with Crippen LogP contribution in [-0.2, 0) is 16.1 Å². The van der Waals surface area contributed by atoms with Gasteiger partial charge >= 0.3 is 5.97 Å². The van der Waals surface area contributed by atoms with E-state index in [2.05, 4.69) is 5.10 Å². The van der Waals surface area contributed by atoms with E-state index in [1.807, 2.05) is 0 Å². The molecule has 0 aliphatic heterocycles. The van der Waals surface area contributed by atoms with E-state index < -0.39 is 10.9 Å². The Hall–Kier alpha value is -2.15. The number of nitro benzene ring substituents is 1. The van der Waals surface area contributed by atoms with Gasteiger partial charge in [0, 0.05) is 17.5 Å². The number of halogens is 1. The molecule has 0 amide bonds. The molecular formula is C11H10ClN3O4. The fourth-order valence-electron chi connectivity index (χ4n) is 1.68. The van der Waals surface area contributed by atoms with Gasteiger partial charge in [0.1, 0.15) is 6.54 Å². The standard InChI is InChI=1S/C11H10ClN3O4/c1-2-19-10(16)6-14-9-5-7(15(17)18)3-4-8(9)11(12)13-14/h3-5H,2,6H2,1H3. The molecule has 19 heavy (non-hydrogen) atoms. The van der Waals surface area contributed by atoms with Gasteiger partial charge in [-0.25, -0.2) is 0 Å². The van der Waals surface area contributed by atoms with Gasteiger partial charge in [-0.15, -0.1) is 0 Å². The third-order valence-corrected chi connectivity index (χ3v) is 2.76.